The molecule has 0 amide bonds. The fraction of sp³-hybridized carbons (Fsp3) is 0.333. The Labute approximate surface area is 145 Å². The van der Waals surface area contributed by atoms with Gasteiger partial charge in [-0.3, -0.25) is 0 Å². The Morgan fingerprint density at radius 3 is 2.68 bits per heavy atom. The Balaban J connectivity index is 1.55. The fourth-order valence-electron chi connectivity index (χ4n) is 3.56. The Morgan fingerprint density at radius 2 is 1.92 bits per heavy atom. The molecular formula is C18H20N6O. The highest BCUT2D eigenvalue weighted by Gasteiger charge is 2.25. The molecule has 2 N–H and O–H groups in total. The Morgan fingerprint density at radius 1 is 1.16 bits per heavy atom. The average molecular weight is 336 g/mol. The van der Waals surface area contributed by atoms with Gasteiger partial charge in [0.25, 0.3) is 0 Å². The first kappa shape index (κ1) is 15.6. The van der Waals surface area contributed by atoms with E-state index in [4.69, 9.17) is 10.6 Å². The Hall–Kier alpha value is -2.96. The lowest BCUT2D eigenvalue weighted by Gasteiger charge is -2.11. The molecule has 7 heteroatoms. The van der Waals surface area contributed by atoms with Crippen molar-refractivity contribution >= 4 is 22.7 Å². The van der Waals surface area contributed by atoms with Crippen LogP contribution in [0.5, 0.6) is 0 Å². The van der Waals surface area contributed by atoms with Crippen LogP contribution in [0.15, 0.2) is 29.9 Å². The number of hydrogen-bond acceptors (Lipinski definition) is 6. The van der Waals surface area contributed by atoms with Crippen molar-refractivity contribution in [2.45, 2.75) is 39.8 Å². The average Bonchev–Trinajstić information content (AvgIpc) is 3.16. The summed E-state index contributed by atoms with van der Waals surface area (Å²) in [6, 6.07) is 4.36. The second-order valence-corrected chi connectivity index (χ2v) is 6.57. The molecule has 25 heavy (non-hydrogen) atoms. The molecule has 0 aliphatic carbocycles. The van der Waals surface area contributed by atoms with E-state index in [1.165, 1.54) is 28.6 Å². The third kappa shape index (κ3) is 2.71. The molecule has 7 nitrogen and oxygen atoms in total. The number of rotatable bonds is 3. The first-order valence-corrected chi connectivity index (χ1v) is 8.25. The van der Waals surface area contributed by atoms with Crippen LogP contribution < -0.4 is 5.73 Å². The lowest BCUT2D eigenvalue weighted by molar-refractivity contribution is 0.0732. The number of benzene rings is 1. The second-order valence-electron chi connectivity index (χ2n) is 6.57. The van der Waals surface area contributed by atoms with Gasteiger partial charge in [-0.15, -0.1) is 0 Å². The third-order valence-electron chi connectivity index (χ3n) is 4.53. The Bertz CT molecular complexity index is 967. The molecule has 4 rings (SSSR count). The largest absolute Gasteiger partial charge is 0.390 e. The van der Waals surface area contributed by atoms with E-state index in [1.807, 2.05) is 4.57 Å². The van der Waals surface area contributed by atoms with Crippen LogP contribution in [0.4, 0.5) is 5.82 Å². The first-order chi connectivity index (χ1) is 12.0. The number of nitrogen functional groups attached to an aromatic ring is 1. The van der Waals surface area contributed by atoms with Crippen LogP contribution in [0.25, 0.3) is 11.2 Å². The van der Waals surface area contributed by atoms with E-state index in [-0.39, 0.29) is 6.10 Å². The van der Waals surface area contributed by atoms with Crippen molar-refractivity contribution in [1.29, 1.82) is 0 Å². The van der Waals surface area contributed by atoms with Gasteiger partial charge in [-0.1, -0.05) is 22.9 Å². The van der Waals surface area contributed by atoms with Gasteiger partial charge in [-0.25, -0.2) is 15.0 Å². The molecule has 1 aromatic carbocycles. The maximum absolute atomic E-state index is 5.84. The Kier molecular flexibility index (Phi) is 3.63. The molecule has 0 spiro atoms. The molecule has 2 aromatic heterocycles. The highest BCUT2D eigenvalue weighted by Crippen LogP contribution is 2.25. The van der Waals surface area contributed by atoms with Gasteiger partial charge in [0.15, 0.2) is 17.6 Å². The minimum absolute atomic E-state index is 0.0521. The molecule has 1 unspecified atom stereocenters. The maximum atomic E-state index is 5.84. The summed E-state index contributed by atoms with van der Waals surface area (Å²) in [6.45, 7) is 6.96. The molecule has 0 fully saturated rings. The summed E-state index contributed by atoms with van der Waals surface area (Å²) >= 11 is 0. The highest BCUT2D eigenvalue weighted by atomic mass is 16.6. The van der Waals surface area contributed by atoms with Crippen molar-refractivity contribution < 1.29 is 4.84 Å². The molecule has 3 heterocycles. The molecule has 1 aliphatic rings. The fourth-order valence-corrected chi connectivity index (χ4v) is 3.56. The van der Waals surface area contributed by atoms with Crippen molar-refractivity contribution in [1.82, 2.24) is 19.5 Å². The summed E-state index contributed by atoms with van der Waals surface area (Å²) in [7, 11) is 0. The SMILES string of the molecule is Cc1cc(C)c(C2=NOC(Cn3cnc4c(N)ncnc43)C2)c(C)c1. The summed E-state index contributed by atoms with van der Waals surface area (Å²) in [5.74, 6) is 0.388. The van der Waals surface area contributed by atoms with E-state index in [2.05, 4.69) is 53.0 Å². The van der Waals surface area contributed by atoms with E-state index < -0.39 is 0 Å². The summed E-state index contributed by atoms with van der Waals surface area (Å²) in [4.78, 5) is 18.2. The molecule has 1 aliphatic heterocycles. The number of nitrogens with zero attached hydrogens (tertiary/aromatic N) is 5. The lowest BCUT2D eigenvalue weighted by Crippen LogP contribution is -2.17. The van der Waals surface area contributed by atoms with Gasteiger partial charge >= 0.3 is 0 Å². The van der Waals surface area contributed by atoms with Crippen LogP contribution in [0.3, 0.4) is 0 Å². The van der Waals surface area contributed by atoms with Crippen LogP contribution in [0.2, 0.25) is 0 Å². The van der Waals surface area contributed by atoms with Crippen molar-refractivity contribution in [3.8, 4) is 0 Å². The number of oxime groups is 1. The van der Waals surface area contributed by atoms with Gasteiger partial charge in [0.2, 0.25) is 0 Å². The van der Waals surface area contributed by atoms with Crippen LogP contribution in [-0.2, 0) is 11.4 Å². The van der Waals surface area contributed by atoms with Gasteiger partial charge in [0.1, 0.15) is 11.8 Å². The topological polar surface area (TPSA) is 91.2 Å². The summed E-state index contributed by atoms with van der Waals surface area (Å²) in [6.07, 6.45) is 3.88. The van der Waals surface area contributed by atoms with Gasteiger partial charge < -0.3 is 15.1 Å². The summed E-state index contributed by atoms with van der Waals surface area (Å²) in [5, 5.41) is 4.34. The maximum Gasteiger partial charge on any atom is 0.165 e. The molecule has 0 bridgehead atoms. The summed E-state index contributed by atoms with van der Waals surface area (Å²) < 4.78 is 1.94. The van der Waals surface area contributed by atoms with Crippen LogP contribution >= 0.6 is 0 Å². The van der Waals surface area contributed by atoms with Crippen LogP contribution in [0.1, 0.15) is 28.7 Å². The van der Waals surface area contributed by atoms with E-state index in [0.717, 1.165) is 12.1 Å². The third-order valence-corrected chi connectivity index (χ3v) is 4.53. The van der Waals surface area contributed by atoms with Gasteiger partial charge in [-0.2, -0.15) is 0 Å². The highest BCUT2D eigenvalue weighted by molar-refractivity contribution is 6.03. The molecule has 128 valence electrons. The van der Waals surface area contributed by atoms with Crippen LogP contribution in [-0.4, -0.2) is 31.3 Å². The predicted octanol–water partition coefficient (Wildman–Crippen LogP) is 2.53. The monoisotopic (exact) mass is 336 g/mol. The minimum Gasteiger partial charge on any atom is -0.390 e. The standard InChI is InChI=1S/C18H20N6O/c1-10-4-11(2)15(12(3)5-10)14-6-13(25-23-14)7-24-9-22-16-17(19)20-8-21-18(16)24/h4-5,8-9,13H,6-7H2,1-3H3,(H2,19,20,21). The number of fused-ring (bicyclic) bond motifs is 1. The number of aromatic nitrogens is 4. The van der Waals surface area contributed by atoms with Crippen molar-refractivity contribution in [3.05, 3.63) is 47.0 Å². The van der Waals surface area contributed by atoms with E-state index in [9.17, 15) is 0 Å². The number of imidazole rings is 1. The lowest BCUT2D eigenvalue weighted by atomic mass is 9.94. The molecule has 1 atom stereocenters. The smallest absolute Gasteiger partial charge is 0.165 e. The first-order valence-electron chi connectivity index (χ1n) is 8.25. The zero-order valence-corrected chi connectivity index (χ0v) is 14.5. The minimum atomic E-state index is -0.0521. The van der Waals surface area contributed by atoms with Gasteiger partial charge in [-0.05, 0) is 31.9 Å². The molecule has 3 aromatic rings. The van der Waals surface area contributed by atoms with Crippen molar-refractivity contribution in [3.63, 3.8) is 0 Å². The van der Waals surface area contributed by atoms with E-state index in [1.54, 1.807) is 6.33 Å². The van der Waals surface area contributed by atoms with Crippen molar-refractivity contribution in [2.24, 2.45) is 5.16 Å². The quantitative estimate of drug-likeness (QED) is 0.793. The molecule has 0 saturated heterocycles. The predicted molar refractivity (Wildman–Crippen MR) is 96.4 cm³/mol. The second kappa shape index (κ2) is 5.84. The van der Waals surface area contributed by atoms with Gasteiger partial charge in [0.05, 0.1) is 18.6 Å². The van der Waals surface area contributed by atoms with E-state index in [0.29, 0.717) is 23.5 Å². The molecular weight excluding hydrogens is 316 g/mol. The van der Waals surface area contributed by atoms with Crippen molar-refractivity contribution in [2.75, 3.05) is 5.73 Å². The summed E-state index contributed by atoms with van der Waals surface area (Å²) in [5.41, 5.74) is 13.1. The number of hydrogen-bond donors (Lipinski definition) is 1. The molecule has 0 saturated carbocycles. The normalized spacial score (nSPS) is 16.9. The van der Waals surface area contributed by atoms with Gasteiger partial charge in [0, 0.05) is 12.0 Å². The number of anilines is 1. The van der Waals surface area contributed by atoms with Crippen LogP contribution in [0, 0.1) is 20.8 Å². The molecule has 0 radical (unpaired) electrons. The van der Waals surface area contributed by atoms with E-state index >= 15 is 0 Å². The number of nitrogens with two attached hydrogens (primary N) is 1. The zero-order chi connectivity index (χ0) is 17.6. The zero-order valence-electron chi connectivity index (χ0n) is 14.5. The number of aryl methyl sites for hydroxylation is 3.